The van der Waals surface area contributed by atoms with E-state index in [-0.39, 0.29) is 29.3 Å². The van der Waals surface area contributed by atoms with E-state index in [0.29, 0.717) is 30.0 Å². The maximum absolute atomic E-state index is 13.0. The fourth-order valence-corrected chi connectivity index (χ4v) is 6.17. The number of hydrogen-bond acceptors (Lipinski definition) is 5. The standard InChI is InChI=1S/C23H23N3O4S2/c1-2-22(27)24-18-7-5-13-26(15-18)32(29,30)19-11-9-17(10-12-19)25-23(28)21-14-16-6-3-4-8-20(16)31-21/h2-4,6,8-12,14,18H,1,5,7,13,15H2,(H,24,27)(H,25,28)/t18-/m0/s1. The van der Waals surface area contributed by atoms with Gasteiger partial charge in [-0.2, -0.15) is 4.31 Å². The first-order valence-electron chi connectivity index (χ1n) is 10.2. The van der Waals surface area contributed by atoms with Gasteiger partial charge in [-0.05, 0) is 60.7 Å². The van der Waals surface area contributed by atoms with E-state index in [1.165, 1.54) is 33.9 Å². The highest BCUT2D eigenvalue weighted by atomic mass is 32.2. The highest BCUT2D eigenvalue weighted by molar-refractivity contribution is 7.89. The molecule has 7 nitrogen and oxygen atoms in total. The van der Waals surface area contributed by atoms with Crippen LogP contribution in [0.3, 0.4) is 0 Å². The number of benzene rings is 2. The molecule has 0 radical (unpaired) electrons. The summed E-state index contributed by atoms with van der Waals surface area (Å²) in [6.45, 7) is 4.04. The van der Waals surface area contributed by atoms with Crippen LogP contribution in [0.15, 0.2) is 72.1 Å². The van der Waals surface area contributed by atoms with Crippen molar-refractivity contribution >= 4 is 48.9 Å². The molecule has 32 heavy (non-hydrogen) atoms. The zero-order chi connectivity index (χ0) is 22.7. The number of amides is 2. The number of sulfonamides is 1. The lowest BCUT2D eigenvalue weighted by atomic mass is 10.1. The molecule has 1 aliphatic rings. The van der Waals surface area contributed by atoms with Gasteiger partial charge in [-0.15, -0.1) is 11.3 Å². The molecule has 1 aliphatic heterocycles. The van der Waals surface area contributed by atoms with Crippen LogP contribution in [-0.4, -0.2) is 43.7 Å². The van der Waals surface area contributed by atoms with Crippen molar-refractivity contribution in [1.29, 1.82) is 0 Å². The van der Waals surface area contributed by atoms with Gasteiger partial charge in [0.2, 0.25) is 15.9 Å². The van der Waals surface area contributed by atoms with Crippen LogP contribution in [0.4, 0.5) is 5.69 Å². The summed E-state index contributed by atoms with van der Waals surface area (Å²) < 4.78 is 28.5. The Balaban J connectivity index is 1.44. The largest absolute Gasteiger partial charge is 0.349 e. The van der Waals surface area contributed by atoms with Crippen LogP contribution >= 0.6 is 11.3 Å². The number of nitrogens with one attached hydrogen (secondary N) is 2. The summed E-state index contributed by atoms with van der Waals surface area (Å²) in [5.74, 6) is -0.549. The number of fused-ring (bicyclic) bond motifs is 1. The summed E-state index contributed by atoms with van der Waals surface area (Å²) in [7, 11) is -3.71. The molecule has 2 aromatic carbocycles. The zero-order valence-electron chi connectivity index (χ0n) is 17.3. The lowest BCUT2D eigenvalue weighted by Gasteiger charge is -2.32. The van der Waals surface area contributed by atoms with Gasteiger partial charge >= 0.3 is 0 Å². The van der Waals surface area contributed by atoms with E-state index in [2.05, 4.69) is 17.2 Å². The van der Waals surface area contributed by atoms with Crippen LogP contribution in [-0.2, 0) is 14.8 Å². The SMILES string of the molecule is C=CC(=O)N[C@H]1CCCN(S(=O)(=O)c2ccc(NC(=O)c3cc4ccccc4s3)cc2)C1. The van der Waals surface area contributed by atoms with E-state index in [4.69, 9.17) is 0 Å². The molecule has 2 N–H and O–H groups in total. The topological polar surface area (TPSA) is 95.6 Å². The van der Waals surface area contributed by atoms with Crippen LogP contribution in [0, 0.1) is 0 Å². The Labute approximate surface area is 190 Å². The Morgan fingerprint density at radius 1 is 1.12 bits per heavy atom. The van der Waals surface area contributed by atoms with Crippen LogP contribution in [0.5, 0.6) is 0 Å². The van der Waals surface area contributed by atoms with Crippen molar-refractivity contribution in [3.63, 3.8) is 0 Å². The van der Waals surface area contributed by atoms with Gasteiger partial charge in [-0.1, -0.05) is 24.8 Å². The molecule has 1 atom stereocenters. The van der Waals surface area contributed by atoms with Gasteiger partial charge < -0.3 is 10.6 Å². The monoisotopic (exact) mass is 469 g/mol. The summed E-state index contributed by atoms with van der Waals surface area (Å²) >= 11 is 1.41. The van der Waals surface area contributed by atoms with E-state index < -0.39 is 10.0 Å². The van der Waals surface area contributed by atoms with Crippen LogP contribution < -0.4 is 10.6 Å². The van der Waals surface area contributed by atoms with Crippen molar-refractivity contribution in [3.8, 4) is 0 Å². The molecule has 0 unspecified atom stereocenters. The second-order valence-electron chi connectivity index (χ2n) is 7.54. The Hall–Kier alpha value is -3.01. The van der Waals surface area contributed by atoms with Crippen molar-refractivity contribution in [2.24, 2.45) is 0 Å². The van der Waals surface area contributed by atoms with Crippen LogP contribution in [0.2, 0.25) is 0 Å². The average Bonchev–Trinajstić information content (AvgIpc) is 3.24. The van der Waals surface area contributed by atoms with Gasteiger partial charge in [-0.3, -0.25) is 9.59 Å². The molecule has 3 aromatic rings. The molecule has 0 aliphatic carbocycles. The van der Waals surface area contributed by atoms with E-state index in [0.717, 1.165) is 10.1 Å². The Morgan fingerprint density at radius 2 is 1.88 bits per heavy atom. The highest BCUT2D eigenvalue weighted by Crippen LogP contribution is 2.27. The van der Waals surface area contributed by atoms with Gasteiger partial charge in [0, 0.05) is 29.5 Å². The average molecular weight is 470 g/mol. The smallest absolute Gasteiger partial charge is 0.265 e. The molecule has 1 fully saturated rings. The second kappa shape index (κ2) is 9.23. The zero-order valence-corrected chi connectivity index (χ0v) is 18.9. The number of anilines is 1. The maximum Gasteiger partial charge on any atom is 0.265 e. The summed E-state index contributed by atoms with van der Waals surface area (Å²) in [4.78, 5) is 24.9. The maximum atomic E-state index is 13.0. The van der Waals surface area contributed by atoms with Gasteiger partial charge in [0.25, 0.3) is 5.91 Å². The first kappa shape index (κ1) is 22.2. The fourth-order valence-electron chi connectivity index (χ4n) is 3.68. The third-order valence-corrected chi connectivity index (χ3v) is 8.31. The number of rotatable bonds is 6. The molecule has 9 heteroatoms. The second-order valence-corrected chi connectivity index (χ2v) is 10.6. The van der Waals surface area contributed by atoms with Gasteiger partial charge in [0.15, 0.2) is 0 Å². The van der Waals surface area contributed by atoms with Crippen molar-refractivity contribution in [2.45, 2.75) is 23.8 Å². The van der Waals surface area contributed by atoms with Crippen molar-refractivity contribution in [1.82, 2.24) is 9.62 Å². The predicted octanol–water partition coefficient (Wildman–Crippen LogP) is 3.61. The molecule has 0 bridgehead atoms. The summed E-state index contributed by atoms with van der Waals surface area (Å²) in [5, 5.41) is 6.59. The van der Waals surface area contributed by atoms with Gasteiger partial charge in [0.05, 0.1) is 9.77 Å². The third-order valence-electron chi connectivity index (χ3n) is 5.32. The molecule has 2 heterocycles. The molecule has 0 saturated carbocycles. The number of carbonyl (C=O) groups is 2. The minimum atomic E-state index is -3.71. The third kappa shape index (κ3) is 4.74. The predicted molar refractivity (Wildman–Crippen MR) is 126 cm³/mol. The first-order chi connectivity index (χ1) is 15.4. The highest BCUT2D eigenvalue weighted by Gasteiger charge is 2.30. The number of piperidine rings is 1. The Morgan fingerprint density at radius 3 is 2.59 bits per heavy atom. The van der Waals surface area contributed by atoms with Crippen molar-refractivity contribution in [3.05, 3.63) is 72.1 Å². The fraction of sp³-hybridized carbons (Fsp3) is 0.217. The van der Waals surface area contributed by atoms with E-state index >= 15 is 0 Å². The van der Waals surface area contributed by atoms with E-state index in [9.17, 15) is 18.0 Å². The molecular formula is C23H23N3O4S2. The van der Waals surface area contributed by atoms with Gasteiger partial charge in [0.1, 0.15) is 0 Å². The van der Waals surface area contributed by atoms with Crippen LogP contribution in [0.1, 0.15) is 22.5 Å². The molecule has 0 spiro atoms. The number of hydrogen-bond donors (Lipinski definition) is 2. The molecule has 1 saturated heterocycles. The number of nitrogens with zero attached hydrogens (tertiary/aromatic N) is 1. The minimum Gasteiger partial charge on any atom is -0.349 e. The number of thiophene rings is 1. The van der Waals surface area contributed by atoms with Crippen molar-refractivity contribution in [2.75, 3.05) is 18.4 Å². The molecule has 166 valence electrons. The van der Waals surface area contributed by atoms with Gasteiger partial charge in [-0.25, -0.2) is 8.42 Å². The van der Waals surface area contributed by atoms with Crippen molar-refractivity contribution < 1.29 is 18.0 Å². The summed E-state index contributed by atoms with van der Waals surface area (Å²) in [5.41, 5.74) is 0.515. The molecule has 2 amide bonds. The molecule has 4 rings (SSSR count). The normalized spacial score (nSPS) is 17.1. The molecule has 1 aromatic heterocycles. The summed E-state index contributed by atoms with van der Waals surface area (Å²) in [6.07, 6.45) is 2.55. The van der Waals surface area contributed by atoms with E-state index in [1.54, 1.807) is 12.1 Å². The van der Waals surface area contributed by atoms with E-state index in [1.807, 2.05) is 30.3 Å². The lowest BCUT2D eigenvalue weighted by molar-refractivity contribution is -0.117. The minimum absolute atomic E-state index is 0.146. The first-order valence-corrected chi connectivity index (χ1v) is 12.5. The summed E-state index contributed by atoms with van der Waals surface area (Å²) in [6, 6.07) is 15.5. The van der Waals surface area contributed by atoms with Crippen LogP contribution in [0.25, 0.3) is 10.1 Å². The lowest BCUT2D eigenvalue weighted by Crippen LogP contribution is -2.49. The quantitative estimate of drug-likeness (QED) is 0.539. The Bertz CT molecular complexity index is 1230. The Kier molecular flexibility index (Phi) is 6.40. The number of carbonyl (C=O) groups excluding carboxylic acids is 2. The molecular weight excluding hydrogens is 446 g/mol.